The number of hydrogen-bond donors (Lipinski definition) is 2. The molecule has 104 valence electrons. The molecule has 4 heteroatoms. The molecule has 1 rings (SSSR count). The van der Waals surface area contributed by atoms with Gasteiger partial charge in [-0.1, -0.05) is 19.8 Å². The fourth-order valence-corrected chi connectivity index (χ4v) is 2.50. The van der Waals surface area contributed by atoms with Gasteiger partial charge in [-0.3, -0.25) is 9.59 Å². The fraction of sp³-hybridized carbons (Fsp3) is 0.857. The topological polar surface area (TPSA) is 66.4 Å². The molecule has 18 heavy (non-hydrogen) atoms. The van der Waals surface area contributed by atoms with Gasteiger partial charge in [-0.25, -0.2) is 0 Å². The Kier molecular flexibility index (Phi) is 6.76. The second-order valence-corrected chi connectivity index (χ2v) is 5.32. The van der Waals surface area contributed by atoms with Crippen LogP contribution in [0.15, 0.2) is 0 Å². The van der Waals surface area contributed by atoms with Crippen LogP contribution in [0.1, 0.15) is 58.3 Å². The monoisotopic (exact) mass is 255 g/mol. The van der Waals surface area contributed by atoms with E-state index in [-0.39, 0.29) is 11.8 Å². The summed E-state index contributed by atoms with van der Waals surface area (Å²) in [6, 6.07) is 0. The van der Waals surface area contributed by atoms with Crippen LogP contribution in [-0.4, -0.2) is 23.5 Å². The minimum atomic E-state index is -0.669. The Morgan fingerprint density at radius 3 is 2.39 bits per heavy atom. The summed E-state index contributed by atoms with van der Waals surface area (Å²) >= 11 is 0. The number of amides is 1. The number of nitrogens with one attached hydrogen (secondary N) is 1. The molecule has 0 radical (unpaired) electrons. The van der Waals surface area contributed by atoms with Gasteiger partial charge in [0.2, 0.25) is 5.91 Å². The smallest absolute Gasteiger partial charge is 0.306 e. The van der Waals surface area contributed by atoms with E-state index in [9.17, 15) is 9.59 Å². The zero-order valence-corrected chi connectivity index (χ0v) is 11.3. The Hall–Kier alpha value is -1.06. The van der Waals surface area contributed by atoms with Crippen molar-refractivity contribution in [1.82, 2.24) is 5.32 Å². The van der Waals surface area contributed by atoms with Crippen molar-refractivity contribution in [3.63, 3.8) is 0 Å². The molecule has 0 saturated heterocycles. The first-order valence-corrected chi connectivity index (χ1v) is 7.13. The normalized spacial score (nSPS) is 23.6. The predicted octanol–water partition coefficient (Wildman–Crippen LogP) is 2.57. The molecule has 1 aliphatic rings. The highest BCUT2D eigenvalue weighted by Crippen LogP contribution is 2.28. The third-order valence-corrected chi connectivity index (χ3v) is 3.79. The van der Waals surface area contributed by atoms with Gasteiger partial charge in [-0.05, 0) is 38.0 Å². The SMILES string of the molecule is CCCCCC(=O)NC[C@H]1CC[C@H](C(=O)O)CC1. The molecular formula is C14H25NO3. The van der Waals surface area contributed by atoms with Crippen molar-refractivity contribution in [2.75, 3.05) is 6.54 Å². The lowest BCUT2D eigenvalue weighted by atomic mass is 9.82. The molecule has 1 aliphatic carbocycles. The molecule has 0 aromatic carbocycles. The van der Waals surface area contributed by atoms with Gasteiger partial charge in [-0.2, -0.15) is 0 Å². The third-order valence-electron chi connectivity index (χ3n) is 3.79. The van der Waals surface area contributed by atoms with Gasteiger partial charge in [-0.15, -0.1) is 0 Å². The van der Waals surface area contributed by atoms with E-state index in [0.717, 1.165) is 51.5 Å². The quantitative estimate of drug-likeness (QED) is 0.687. The molecule has 0 aromatic heterocycles. The molecular weight excluding hydrogens is 230 g/mol. The maximum absolute atomic E-state index is 11.5. The number of carbonyl (C=O) groups excluding carboxylic acids is 1. The number of carboxylic acid groups (broad SMARTS) is 1. The number of carbonyl (C=O) groups is 2. The lowest BCUT2D eigenvalue weighted by Gasteiger charge is -2.26. The van der Waals surface area contributed by atoms with Crippen LogP contribution >= 0.6 is 0 Å². The van der Waals surface area contributed by atoms with E-state index in [1.165, 1.54) is 0 Å². The largest absolute Gasteiger partial charge is 0.481 e. The summed E-state index contributed by atoms with van der Waals surface area (Å²) in [5.74, 6) is -0.224. The second-order valence-electron chi connectivity index (χ2n) is 5.32. The lowest BCUT2D eigenvalue weighted by molar-refractivity contribution is -0.143. The number of hydrogen-bond acceptors (Lipinski definition) is 2. The summed E-state index contributed by atoms with van der Waals surface area (Å²) < 4.78 is 0. The van der Waals surface area contributed by atoms with Gasteiger partial charge in [0.15, 0.2) is 0 Å². The van der Waals surface area contributed by atoms with Crippen molar-refractivity contribution in [3.8, 4) is 0 Å². The van der Waals surface area contributed by atoms with Gasteiger partial charge >= 0.3 is 5.97 Å². The van der Waals surface area contributed by atoms with E-state index >= 15 is 0 Å². The minimum absolute atomic E-state index is 0.142. The van der Waals surface area contributed by atoms with Crippen molar-refractivity contribution in [2.24, 2.45) is 11.8 Å². The molecule has 4 nitrogen and oxygen atoms in total. The summed E-state index contributed by atoms with van der Waals surface area (Å²) in [4.78, 5) is 22.3. The maximum Gasteiger partial charge on any atom is 0.306 e. The van der Waals surface area contributed by atoms with Crippen LogP contribution in [0.4, 0.5) is 0 Å². The molecule has 1 amide bonds. The van der Waals surface area contributed by atoms with E-state index in [1.54, 1.807) is 0 Å². The molecule has 0 bridgehead atoms. The molecule has 1 fully saturated rings. The first-order chi connectivity index (χ1) is 8.63. The van der Waals surface area contributed by atoms with Crippen LogP contribution in [-0.2, 0) is 9.59 Å². The number of unbranched alkanes of at least 4 members (excludes halogenated alkanes) is 2. The van der Waals surface area contributed by atoms with Crippen molar-refractivity contribution in [1.29, 1.82) is 0 Å². The van der Waals surface area contributed by atoms with E-state index in [1.807, 2.05) is 0 Å². The first-order valence-electron chi connectivity index (χ1n) is 7.13. The average molecular weight is 255 g/mol. The molecule has 0 spiro atoms. The highest BCUT2D eigenvalue weighted by Gasteiger charge is 2.25. The molecule has 0 aliphatic heterocycles. The Balaban J connectivity index is 2.10. The van der Waals surface area contributed by atoms with Crippen LogP contribution in [0.2, 0.25) is 0 Å². The van der Waals surface area contributed by atoms with Gasteiger partial charge in [0, 0.05) is 13.0 Å². The number of aliphatic carboxylic acids is 1. The van der Waals surface area contributed by atoms with Crippen LogP contribution < -0.4 is 5.32 Å². The molecule has 2 N–H and O–H groups in total. The maximum atomic E-state index is 11.5. The van der Waals surface area contributed by atoms with Gasteiger partial charge in [0.25, 0.3) is 0 Å². The van der Waals surface area contributed by atoms with Crippen molar-refractivity contribution in [3.05, 3.63) is 0 Å². The molecule has 0 aromatic rings. The average Bonchev–Trinajstić information content (AvgIpc) is 2.37. The Morgan fingerprint density at radius 1 is 1.17 bits per heavy atom. The zero-order chi connectivity index (χ0) is 13.4. The van der Waals surface area contributed by atoms with Crippen LogP contribution in [0.5, 0.6) is 0 Å². The van der Waals surface area contributed by atoms with Crippen LogP contribution in [0, 0.1) is 11.8 Å². The molecule has 0 heterocycles. The van der Waals surface area contributed by atoms with Crippen LogP contribution in [0.25, 0.3) is 0 Å². The van der Waals surface area contributed by atoms with Crippen molar-refractivity contribution < 1.29 is 14.7 Å². The molecule has 0 atom stereocenters. The Bertz CT molecular complexity index is 270. The third kappa shape index (κ3) is 5.52. The van der Waals surface area contributed by atoms with E-state index in [4.69, 9.17) is 5.11 Å². The lowest BCUT2D eigenvalue weighted by Crippen LogP contribution is -2.32. The van der Waals surface area contributed by atoms with Crippen molar-refractivity contribution in [2.45, 2.75) is 58.3 Å². The Morgan fingerprint density at radius 2 is 1.83 bits per heavy atom. The Labute approximate surface area is 109 Å². The molecule has 0 unspecified atom stereocenters. The van der Waals surface area contributed by atoms with Gasteiger partial charge < -0.3 is 10.4 Å². The summed E-state index contributed by atoms with van der Waals surface area (Å²) in [5, 5.41) is 11.9. The summed E-state index contributed by atoms with van der Waals surface area (Å²) in [7, 11) is 0. The van der Waals surface area contributed by atoms with Gasteiger partial charge in [0.05, 0.1) is 5.92 Å². The standard InChI is InChI=1S/C14H25NO3/c1-2-3-4-5-13(16)15-10-11-6-8-12(9-7-11)14(17)18/h11-12H,2-10H2,1H3,(H,15,16)(H,17,18)/t11-,12-. The highest BCUT2D eigenvalue weighted by molar-refractivity contribution is 5.75. The number of rotatable bonds is 7. The highest BCUT2D eigenvalue weighted by atomic mass is 16.4. The van der Waals surface area contributed by atoms with E-state index in [0.29, 0.717) is 12.3 Å². The summed E-state index contributed by atoms with van der Waals surface area (Å²) in [6.45, 7) is 2.84. The predicted molar refractivity (Wildman–Crippen MR) is 70.2 cm³/mol. The van der Waals surface area contributed by atoms with Crippen LogP contribution in [0.3, 0.4) is 0 Å². The summed E-state index contributed by atoms with van der Waals surface area (Å²) in [5.41, 5.74) is 0. The van der Waals surface area contributed by atoms with E-state index < -0.39 is 5.97 Å². The second kappa shape index (κ2) is 8.11. The zero-order valence-electron chi connectivity index (χ0n) is 11.3. The fourth-order valence-electron chi connectivity index (χ4n) is 2.50. The molecule has 1 saturated carbocycles. The summed E-state index contributed by atoms with van der Waals surface area (Å²) in [6.07, 6.45) is 7.19. The van der Waals surface area contributed by atoms with Gasteiger partial charge in [0.1, 0.15) is 0 Å². The number of carboxylic acids is 1. The van der Waals surface area contributed by atoms with Crippen molar-refractivity contribution >= 4 is 11.9 Å². The minimum Gasteiger partial charge on any atom is -0.481 e. The first kappa shape index (κ1) is 15.0. The van der Waals surface area contributed by atoms with E-state index in [2.05, 4.69) is 12.2 Å².